The zero-order chi connectivity index (χ0) is 11.1. The first-order valence-electron chi connectivity index (χ1n) is 4.47. The summed E-state index contributed by atoms with van der Waals surface area (Å²) in [6.07, 6.45) is -2.93. The summed E-state index contributed by atoms with van der Waals surface area (Å²) in [4.78, 5) is 2.83. The molecule has 0 bridgehead atoms. The minimum atomic E-state index is -4.31. The Labute approximate surface area is 84.6 Å². The molecule has 4 heteroatoms. The summed E-state index contributed by atoms with van der Waals surface area (Å²) in [6, 6.07) is 6.41. The first-order valence-corrected chi connectivity index (χ1v) is 4.47. The van der Waals surface area contributed by atoms with Gasteiger partial charge in [-0.25, -0.2) is 4.98 Å². The van der Waals surface area contributed by atoms with Crippen LogP contribution in [-0.2, 0) is 6.18 Å². The van der Waals surface area contributed by atoms with Crippen molar-refractivity contribution >= 4 is 10.9 Å². The summed E-state index contributed by atoms with van der Waals surface area (Å²) in [5.74, 6) is 0. The van der Waals surface area contributed by atoms with Gasteiger partial charge in [-0.05, 0) is 13.0 Å². The minimum absolute atomic E-state index is 0.209. The monoisotopic (exact) mass is 212 g/mol. The molecule has 2 rings (SSSR count). The van der Waals surface area contributed by atoms with E-state index >= 15 is 0 Å². The predicted molar refractivity (Wildman–Crippen MR) is 50.2 cm³/mol. The summed E-state index contributed by atoms with van der Waals surface area (Å²) in [5.41, 5.74) is 0.147. The maximum absolute atomic E-state index is 12.8. The molecule has 0 saturated heterocycles. The van der Waals surface area contributed by atoms with E-state index in [1.54, 1.807) is 18.2 Å². The van der Waals surface area contributed by atoms with Crippen LogP contribution >= 0.6 is 0 Å². The highest BCUT2D eigenvalue weighted by atomic mass is 19.4. The molecule has 0 aliphatic heterocycles. The highest BCUT2D eigenvalue weighted by Gasteiger charge is 2.35. The van der Waals surface area contributed by atoms with Crippen molar-refractivity contribution in [1.29, 1.82) is 0 Å². The van der Waals surface area contributed by atoms with Gasteiger partial charge in [0.1, 0.15) is 0 Å². The number of alkyl halides is 3. The molecule has 1 nitrogen and oxygen atoms in total. The standard InChI is InChI=1S/C11H8F3N/c1-7-6-15-9-5-3-2-4-8(9)10(7)11(12,13)14/h2-6H,1H3/p+1. The van der Waals surface area contributed by atoms with Crippen LogP contribution in [0.1, 0.15) is 11.1 Å². The lowest BCUT2D eigenvalue weighted by Crippen LogP contribution is -2.14. The van der Waals surface area contributed by atoms with Crippen molar-refractivity contribution in [2.75, 3.05) is 0 Å². The lowest BCUT2D eigenvalue weighted by molar-refractivity contribution is -0.345. The fourth-order valence-corrected chi connectivity index (χ4v) is 1.67. The zero-order valence-electron chi connectivity index (χ0n) is 8.02. The summed E-state index contributed by atoms with van der Waals surface area (Å²) >= 11 is 0. The fourth-order valence-electron chi connectivity index (χ4n) is 1.67. The number of hydrogen-bond acceptors (Lipinski definition) is 0. The van der Waals surface area contributed by atoms with Gasteiger partial charge in [0, 0.05) is 11.6 Å². The average molecular weight is 212 g/mol. The van der Waals surface area contributed by atoms with E-state index in [0.29, 0.717) is 5.52 Å². The van der Waals surface area contributed by atoms with Crippen LogP contribution in [0.2, 0.25) is 0 Å². The Bertz CT molecular complexity index is 503. The van der Waals surface area contributed by atoms with Gasteiger partial charge in [-0.1, -0.05) is 12.1 Å². The molecular weight excluding hydrogens is 203 g/mol. The third-order valence-electron chi connectivity index (χ3n) is 2.32. The molecule has 0 amide bonds. The Kier molecular flexibility index (Phi) is 2.14. The SMILES string of the molecule is Cc1c[nH+]c2ccccc2c1C(F)(F)F. The number of halogens is 3. The highest BCUT2D eigenvalue weighted by molar-refractivity contribution is 5.80. The Balaban J connectivity index is 2.86. The molecule has 0 radical (unpaired) electrons. The van der Waals surface area contributed by atoms with Gasteiger partial charge in [-0.2, -0.15) is 13.2 Å². The Morgan fingerprint density at radius 3 is 2.47 bits per heavy atom. The smallest absolute Gasteiger partial charge is 0.211 e. The Morgan fingerprint density at radius 1 is 1.13 bits per heavy atom. The normalized spacial score (nSPS) is 12.0. The molecular formula is C11H9F3N+. The van der Waals surface area contributed by atoms with E-state index in [1.807, 2.05) is 0 Å². The highest BCUT2D eigenvalue weighted by Crippen LogP contribution is 2.35. The second-order valence-electron chi connectivity index (χ2n) is 3.39. The fraction of sp³-hybridized carbons (Fsp3) is 0.182. The molecule has 0 spiro atoms. The maximum atomic E-state index is 12.8. The van der Waals surface area contributed by atoms with Crippen LogP contribution < -0.4 is 4.98 Å². The van der Waals surface area contributed by atoms with Gasteiger partial charge in [0.25, 0.3) is 0 Å². The van der Waals surface area contributed by atoms with Crippen LogP contribution in [0.5, 0.6) is 0 Å². The molecule has 1 aromatic carbocycles. The van der Waals surface area contributed by atoms with Gasteiger partial charge in [0.05, 0.1) is 10.9 Å². The van der Waals surface area contributed by atoms with Crippen molar-refractivity contribution in [3.63, 3.8) is 0 Å². The molecule has 0 aliphatic carbocycles. The van der Waals surface area contributed by atoms with Crippen molar-refractivity contribution in [2.45, 2.75) is 13.1 Å². The van der Waals surface area contributed by atoms with E-state index in [9.17, 15) is 13.2 Å². The molecule has 1 heterocycles. The number of nitrogens with one attached hydrogen (secondary N) is 1. The first kappa shape index (κ1) is 9.96. The first-order chi connectivity index (χ1) is 7.00. The number of aromatic amines is 1. The zero-order valence-corrected chi connectivity index (χ0v) is 8.02. The molecule has 78 valence electrons. The molecule has 0 saturated carbocycles. The third kappa shape index (κ3) is 1.67. The van der Waals surface area contributed by atoms with Crippen LogP contribution in [-0.4, -0.2) is 0 Å². The van der Waals surface area contributed by atoms with Crippen molar-refractivity contribution in [3.8, 4) is 0 Å². The minimum Gasteiger partial charge on any atom is -0.211 e. The lowest BCUT2D eigenvalue weighted by atomic mass is 10.0. The quantitative estimate of drug-likeness (QED) is 0.637. The number of aromatic nitrogens is 1. The topological polar surface area (TPSA) is 14.1 Å². The van der Waals surface area contributed by atoms with Gasteiger partial charge in [-0.15, -0.1) is 0 Å². The van der Waals surface area contributed by atoms with Gasteiger partial charge in [-0.3, -0.25) is 0 Å². The van der Waals surface area contributed by atoms with Crippen LogP contribution in [0.4, 0.5) is 13.2 Å². The molecule has 0 aliphatic rings. The van der Waals surface area contributed by atoms with Crippen molar-refractivity contribution < 1.29 is 18.2 Å². The Morgan fingerprint density at radius 2 is 1.80 bits per heavy atom. The van der Waals surface area contributed by atoms with E-state index in [4.69, 9.17) is 0 Å². The lowest BCUT2D eigenvalue weighted by Gasteiger charge is -2.09. The maximum Gasteiger partial charge on any atom is 0.417 e. The summed E-state index contributed by atoms with van der Waals surface area (Å²) in [7, 11) is 0. The Hall–Kier alpha value is -1.58. The number of hydrogen-bond donors (Lipinski definition) is 0. The van der Waals surface area contributed by atoms with Gasteiger partial charge in [0.15, 0.2) is 6.20 Å². The summed E-state index contributed by atoms with van der Waals surface area (Å²) in [5, 5.41) is 0.213. The number of benzene rings is 1. The van der Waals surface area contributed by atoms with Crippen molar-refractivity contribution in [1.82, 2.24) is 0 Å². The number of para-hydroxylation sites is 1. The second-order valence-corrected chi connectivity index (χ2v) is 3.39. The van der Waals surface area contributed by atoms with Gasteiger partial charge >= 0.3 is 6.18 Å². The van der Waals surface area contributed by atoms with E-state index in [-0.39, 0.29) is 10.9 Å². The van der Waals surface area contributed by atoms with Gasteiger partial charge in [0.2, 0.25) is 5.52 Å². The van der Waals surface area contributed by atoms with Crippen LogP contribution in [0.3, 0.4) is 0 Å². The third-order valence-corrected chi connectivity index (χ3v) is 2.32. The largest absolute Gasteiger partial charge is 0.417 e. The second kappa shape index (κ2) is 3.22. The molecule has 1 N–H and O–H groups in total. The summed E-state index contributed by atoms with van der Waals surface area (Å²) in [6.45, 7) is 1.45. The number of H-pyrrole nitrogens is 1. The molecule has 15 heavy (non-hydrogen) atoms. The van der Waals surface area contributed by atoms with E-state index < -0.39 is 11.7 Å². The van der Waals surface area contributed by atoms with E-state index in [1.165, 1.54) is 19.2 Å². The van der Waals surface area contributed by atoms with Crippen LogP contribution in [0.15, 0.2) is 30.5 Å². The average Bonchev–Trinajstić information content (AvgIpc) is 2.15. The summed E-state index contributed by atoms with van der Waals surface area (Å²) < 4.78 is 38.3. The van der Waals surface area contributed by atoms with Crippen molar-refractivity contribution in [2.24, 2.45) is 0 Å². The van der Waals surface area contributed by atoms with Crippen LogP contribution in [0, 0.1) is 6.92 Å². The molecule has 0 atom stereocenters. The molecule has 2 aromatic rings. The molecule has 1 aromatic heterocycles. The number of aryl methyl sites for hydroxylation is 1. The van der Waals surface area contributed by atoms with Crippen molar-refractivity contribution in [3.05, 3.63) is 41.6 Å². The van der Waals surface area contributed by atoms with E-state index in [2.05, 4.69) is 4.98 Å². The van der Waals surface area contributed by atoms with Gasteiger partial charge < -0.3 is 0 Å². The molecule has 0 unspecified atom stereocenters. The van der Waals surface area contributed by atoms with E-state index in [0.717, 1.165) is 0 Å². The number of rotatable bonds is 0. The number of fused-ring (bicyclic) bond motifs is 1. The molecule has 0 fully saturated rings. The van der Waals surface area contributed by atoms with Crippen LogP contribution in [0.25, 0.3) is 10.9 Å². The predicted octanol–water partition coefficient (Wildman–Crippen LogP) is 2.98. The number of pyridine rings is 1.